The fourth-order valence-electron chi connectivity index (χ4n) is 3.40. The van der Waals surface area contributed by atoms with Crippen LogP contribution in [0.1, 0.15) is 18.1 Å². The number of piperazine rings is 1. The van der Waals surface area contributed by atoms with Crippen LogP contribution >= 0.6 is 0 Å². The molecule has 0 radical (unpaired) electrons. The Labute approximate surface area is 175 Å². The van der Waals surface area contributed by atoms with Crippen molar-refractivity contribution in [1.29, 1.82) is 0 Å². The Hall–Kier alpha value is -2.75. The van der Waals surface area contributed by atoms with E-state index in [1.165, 1.54) is 18.2 Å². The summed E-state index contributed by atoms with van der Waals surface area (Å²) < 4.78 is 76.7. The number of halogens is 6. The lowest BCUT2D eigenvalue weighted by atomic mass is 10.1. The van der Waals surface area contributed by atoms with Crippen LogP contribution in [0, 0.1) is 0 Å². The lowest BCUT2D eigenvalue weighted by molar-refractivity contribution is -0.138. The van der Waals surface area contributed by atoms with Crippen molar-refractivity contribution in [1.82, 2.24) is 4.90 Å². The number of nitrogens with zero attached hydrogens (tertiary/aromatic N) is 2. The first-order valence-electron chi connectivity index (χ1n) is 9.59. The highest BCUT2D eigenvalue weighted by Gasteiger charge is 2.32. The zero-order valence-electron chi connectivity index (χ0n) is 16.6. The first-order valence-corrected chi connectivity index (χ1v) is 9.59. The molecular formula is C21H21F6N3O. The van der Waals surface area contributed by atoms with Crippen LogP contribution in [0.5, 0.6) is 0 Å². The zero-order chi connectivity index (χ0) is 22.8. The fraction of sp³-hybridized carbons (Fsp3) is 0.381. The highest BCUT2D eigenvalue weighted by Crippen LogP contribution is 2.32. The van der Waals surface area contributed by atoms with Gasteiger partial charge in [0, 0.05) is 37.6 Å². The molecule has 168 valence electrons. The molecule has 1 N–H and O–H groups in total. The summed E-state index contributed by atoms with van der Waals surface area (Å²) in [5.74, 6) is -0.368. The van der Waals surface area contributed by atoms with Crippen LogP contribution in [0.15, 0.2) is 48.5 Å². The van der Waals surface area contributed by atoms with Crippen molar-refractivity contribution in [2.24, 2.45) is 0 Å². The van der Waals surface area contributed by atoms with Gasteiger partial charge in [0.1, 0.15) is 0 Å². The van der Waals surface area contributed by atoms with E-state index in [-0.39, 0.29) is 11.6 Å². The van der Waals surface area contributed by atoms with Gasteiger partial charge in [0.2, 0.25) is 5.91 Å². The third-order valence-electron chi connectivity index (χ3n) is 5.26. The average molecular weight is 445 g/mol. The summed E-state index contributed by atoms with van der Waals surface area (Å²) >= 11 is 0. The summed E-state index contributed by atoms with van der Waals surface area (Å²) in [7, 11) is 0. The maximum absolute atomic E-state index is 12.9. The van der Waals surface area contributed by atoms with Crippen molar-refractivity contribution < 1.29 is 31.1 Å². The van der Waals surface area contributed by atoms with Gasteiger partial charge in [0.05, 0.1) is 17.2 Å². The van der Waals surface area contributed by atoms with Gasteiger partial charge < -0.3 is 10.2 Å². The number of amides is 1. The van der Waals surface area contributed by atoms with E-state index in [0.29, 0.717) is 31.9 Å². The van der Waals surface area contributed by atoms with Crippen molar-refractivity contribution in [3.05, 3.63) is 59.7 Å². The molecule has 1 fully saturated rings. The molecule has 1 atom stereocenters. The number of carbonyl (C=O) groups excluding carboxylic acids is 1. The van der Waals surface area contributed by atoms with Gasteiger partial charge in [-0.25, -0.2) is 0 Å². The molecule has 0 aliphatic carbocycles. The van der Waals surface area contributed by atoms with Crippen LogP contribution in [-0.4, -0.2) is 43.0 Å². The molecule has 4 nitrogen and oxygen atoms in total. The van der Waals surface area contributed by atoms with Crippen molar-refractivity contribution in [2.45, 2.75) is 25.3 Å². The van der Waals surface area contributed by atoms with E-state index >= 15 is 0 Å². The molecule has 2 aromatic rings. The number of nitrogens with one attached hydrogen (secondary N) is 1. The van der Waals surface area contributed by atoms with Crippen LogP contribution in [0.25, 0.3) is 0 Å². The average Bonchev–Trinajstić information content (AvgIpc) is 2.72. The first-order chi connectivity index (χ1) is 14.4. The van der Waals surface area contributed by atoms with Gasteiger partial charge in [0.15, 0.2) is 0 Å². The maximum Gasteiger partial charge on any atom is 0.416 e. The summed E-state index contributed by atoms with van der Waals surface area (Å²) in [4.78, 5) is 16.2. The summed E-state index contributed by atoms with van der Waals surface area (Å²) in [5, 5.41) is 2.60. The molecule has 1 aliphatic rings. The van der Waals surface area contributed by atoms with Crippen molar-refractivity contribution in [3.63, 3.8) is 0 Å². The quantitative estimate of drug-likeness (QED) is 0.682. The van der Waals surface area contributed by atoms with E-state index in [2.05, 4.69) is 5.32 Å². The molecule has 1 unspecified atom stereocenters. The van der Waals surface area contributed by atoms with Crippen molar-refractivity contribution in [3.8, 4) is 0 Å². The first kappa shape index (κ1) is 22.9. The smallest absolute Gasteiger partial charge is 0.369 e. The van der Waals surface area contributed by atoms with Crippen LogP contribution in [0.2, 0.25) is 0 Å². The Bertz CT molecular complexity index is 903. The Balaban J connectivity index is 1.56. The number of alkyl halides is 6. The van der Waals surface area contributed by atoms with E-state index in [1.54, 1.807) is 13.0 Å². The van der Waals surface area contributed by atoms with E-state index in [1.807, 2.05) is 9.80 Å². The third kappa shape index (κ3) is 5.69. The monoisotopic (exact) mass is 445 g/mol. The Morgan fingerprint density at radius 2 is 1.45 bits per heavy atom. The second-order valence-electron chi connectivity index (χ2n) is 7.31. The lowest BCUT2D eigenvalue weighted by Gasteiger charge is -2.38. The summed E-state index contributed by atoms with van der Waals surface area (Å²) in [5.41, 5.74) is -0.787. The minimum atomic E-state index is -4.45. The van der Waals surface area contributed by atoms with E-state index < -0.39 is 29.5 Å². The molecule has 31 heavy (non-hydrogen) atoms. The van der Waals surface area contributed by atoms with Crippen LogP contribution in [0.4, 0.5) is 37.7 Å². The highest BCUT2D eigenvalue weighted by molar-refractivity contribution is 5.94. The molecule has 0 aromatic heterocycles. The number of benzene rings is 2. The fourth-order valence-corrected chi connectivity index (χ4v) is 3.40. The summed E-state index contributed by atoms with van der Waals surface area (Å²) in [6, 6.07) is 8.74. The minimum Gasteiger partial charge on any atom is -0.369 e. The van der Waals surface area contributed by atoms with Gasteiger partial charge in [-0.3, -0.25) is 9.69 Å². The number of hydrogen-bond donors (Lipinski definition) is 1. The largest absolute Gasteiger partial charge is 0.416 e. The molecule has 0 saturated carbocycles. The van der Waals surface area contributed by atoms with Gasteiger partial charge in [-0.2, -0.15) is 26.3 Å². The van der Waals surface area contributed by atoms with E-state index in [0.717, 1.165) is 24.3 Å². The van der Waals surface area contributed by atoms with Crippen LogP contribution < -0.4 is 10.2 Å². The predicted octanol–water partition coefficient (Wildman–Crippen LogP) is 4.87. The third-order valence-corrected chi connectivity index (χ3v) is 5.26. The number of hydrogen-bond acceptors (Lipinski definition) is 3. The molecule has 0 bridgehead atoms. The summed E-state index contributed by atoms with van der Waals surface area (Å²) in [6.45, 7) is 3.48. The number of carbonyl (C=O) groups is 1. The minimum absolute atomic E-state index is 0.257. The molecule has 1 aliphatic heterocycles. The second-order valence-corrected chi connectivity index (χ2v) is 7.31. The van der Waals surface area contributed by atoms with E-state index in [4.69, 9.17) is 0 Å². The van der Waals surface area contributed by atoms with Gasteiger partial charge in [-0.05, 0) is 49.4 Å². The molecule has 0 spiro atoms. The topological polar surface area (TPSA) is 35.6 Å². The molecule has 1 heterocycles. The molecule has 3 rings (SSSR count). The van der Waals surface area contributed by atoms with Gasteiger partial charge in [-0.1, -0.05) is 6.07 Å². The SMILES string of the molecule is CC(C(=O)Nc1ccc(C(F)(F)F)cc1)N1CCN(c2cccc(C(F)(F)F)c2)CC1. The molecular weight excluding hydrogens is 424 g/mol. The maximum atomic E-state index is 12.9. The second kappa shape index (κ2) is 8.78. The number of anilines is 2. The highest BCUT2D eigenvalue weighted by atomic mass is 19.4. The zero-order valence-corrected chi connectivity index (χ0v) is 16.6. The molecule has 10 heteroatoms. The molecule has 1 saturated heterocycles. The van der Waals surface area contributed by atoms with E-state index in [9.17, 15) is 31.1 Å². The van der Waals surface area contributed by atoms with Gasteiger partial charge in [-0.15, -0.1) is 0 Å². The Morgan fingerprint density at radius 3 is 2.00 bits per heavy atom. The summed E-state index contributed by atoms with van der Waals surface area (Å²) in [6.07, 6.45) is -8.86. The van der Waals surface area contributed by atoms with Gasteiger partial charge >= 0.3 is 12.4 Å². The van der Waals surface area contributed by atoms with Crippen LogP contribution in [0.3, 0.4) is 0 Å². The lowest BCUT2D eigenvalue weighted by Crippen LogP contribution is -2.52. The Morgan fingerprint density at radius 1 is 0.871 bits per heavy atom. The standard InChI is InChI=1S/C21H21F6N3O/c1-14(19(31)28-17-7-5-15(6-8-17)20(22,23)24)29-9-11-30(12-10-29)18-4-2-3-16(13-18)21(25,26)27/h2-8,13-14H,9-12H2,1H3,(H,28,31). The predicted molar refractivity (Wildman–Crippen MR) is 105 cm³/mol. The van der Waals surface area contributed by atoms with Crippen molar-refractivity contribution >= 4 is 17.3 Å². The molecule has 1 amide bonds. The molecule has 2 aromatic carbocycles. The van der Waals surface area contributed by atoms with Crippen LogP contribution in [-0.2, 0) is 17.1 Å². The Kier molecular flexibility index (Phi) is 6.49. The van der Waals surface area contributed by atoms with Gasteiger partial charge in [0.25, 0.3) is 0 Å². The normalized spacial score (nSPS) is 16.8. The van der Waals surface area contributed by atoms with Crippen molar-refractivity contribution in [2.75, 3.05) is 36.4 Å². The number of rotatable bonds is 4.